The molecule has 1 aromatic carbocycles. The number of methoxy groups -OCH3 is 1. The Kier molecular flexibility index (Phi) is 6.98. The maximum atomic E-state index is 12.5. The van der Waals surface area contributed by atoms with Crippen molar-refractivity contribution in [1.29, 1.82) is 0 Å². The Bertz CT molecular complexity index is 849. The van der Waals surface area contributed by atoms with Crippen molar-refractivity contribution in [3.8, 4) is 5.75 Å². The topological polar surface area (TPSA) is 84.7 Å². The Morgan fingerprint density at radius 2 is 2.07 bits per heavy atom. The fourth-order valence-electron chi connectivity index (χ4n) is 3.30. The molecule has 0 bridgehead atoms. The number of rotatable bonds is 8. The van der Waals surface area contributed by atoms with Crippen molar-refractivity contribution in [3.05, 3.63) is 40.3 Å². The first-order valence-corrected chi connectivity index (χ1v) is 11.1. The molecule has 0 spiro atoms. The van der Waals surface area contributed by atoms with Crippen molar-refractivity contribution in [1.82, 2.24) is 4.90 Å². The van der Waals surface area contributed by atoms with Crippen LogP contribution in [0.3, 0.4) is 0 Å². The van der Waals surface area contributed by atoms with E-state index in [9.17, 15) is 9.59 Å². The van der Waals surface area contributed by atoms with E-state index in [1.165, 1.54) is 23.1 Å². The number of ether oxygens (including phenoxy) is 1. The molecule has 0 unspecified atom stereocenters. The summed E-state index contributed by atoms with van der Waals surface area (Å²) in [6.07, 6.45) is 1.89. The molecule has 0 saturated carbocycles. The minimum absolute atomic E-state index is 0.146. The molecule has 0 atom stereocenters. The molecule has 3 rings (SSSR count). The number of primary amides is 1. The Hall–Kier alpha value is -2.03. The van der Waals surface area contributed by atoms with Crippen LogP contribution in [0.4, 0.5) is 5.00 Å². The molecule has 0 radical (unpaired) electrons. The number of hydrogen-bond donors (Lipinski definition) is 2. The van der Waals surface area contributed by atoms with Crippen LogP contribution in [0.25, 0.3) is 0 Å². The van der Waals surface area contributed by atoms with E-state index in [4.69, 9.17) is 10.5 Å². The second kappa shape index (κ2) is 9.45. The molecule has 6 nitrogen and oxygen atoms in total. The van der Waals surface area contributed by atoms with Crippen LogP contribution in [0.5, 0.6) is 5.75 Å². The van der Waals surface area contributed by atoms with Crippen LogP contribution in [-0.4, -0.2) is 42.7 Å². The summed E-state index contributed by atoms with van der Waals surface area (Å²) in [4.78, 5) is 29.0. The van der Waals surface area contributed by atoms with Crippen LogP contribution in [-0.2, 0) is 17.8 Å². The molecule has 1 aliphatic heterocycles. The smallest absolute Gasteiger partial charge is 0.251 e. The number of amides is 2. The van der Waals surface area contributed by atoms with E-state index in [0.717, 1.165) is 53.6 Å². The van der Waals surface area contributed by atoms with E-state index in [0.29, 0.717) is 10.6 Å². The predicted octanol–water partition coefficient (Wildman–Crippen LogP) is 3.35. The Balaban J connectivity index is 1.67. The van der Waals surface area contributed by atoms with Gasteiger partial charge in [-0.15, -0.1) is 23.1 Å². The summed E-state index contributed by atoms with van der Waals surface area (Å²) < 4.78 is 5.14. The Labute approximate surface area is 173 Å². The van der Waals surface area contributed by atoms with Gasteiger partial charge in [0.2, 0.25) is 5.91 Å². The van der Waals surface area contributed by atoms with Crippen molar-refractivity contribution in [2.24, 2.45) is 5.73 Å². The molecule has 1 aliphatic rings. The molecule has 8 heteroatoms. The lowest BCUT2D eigenvalue weighted by Crippen LogP contribution is -2.31. The first-order valence-electron chi connectivity index (χ1n) is 9.25. The highest BCUT2D eigenvalue weighted by Crippen LogP contribution is 2.37. The zero-order chi connectivity index (χ0) is 20.1. The number of thioether (sulfide) groups is 1. The van der Waals surface area contributed by atoms with Crippen molar-refractivity contribution < 1.29 is 14.3 Å². The molecule has 1 aromatic heterocycles. The number of benzene rings is 1. The number of hydrogen-bond acceptors (Lipinski definition) is 6. The van der Waals surface area contributed by atoms with E-state index < -0.39 is 5.91 Å². The van der Waals surface area contributed by atoms with Crippen LogP contribution in [0.1, 0.15) is 34.1 Å². The van der Waals surface area contributed by atoms with E-state index in [2.05, 4.69) is 17.1 Å². The van der Waals surface area contributed by atoms with Gasteiger partial charge in [0.1, 0.15) is 10.8 Å². The van der Waals surface area contributed by atoms with Gasteiger partial charge in [-0.1, -0.05) is 6.92 Å². The molecule has 28 heavy (non-hydrogen) atoms. The van der Waals surface area contributed by atoms with E-state index in [-0.39, 0.29) is 11.7 Å². The molecular formula is C20H25N3O3S2. The van der Waals surface area contributed by atoms with Crippen molar-refractivity contribution >= 4 is 39.9 Å². The summed E-state index contributed by atoms with van der Waals surface area (Å²) in [5, 5.41) is 3.48. The van der Waals surface area contributed by atoms with Gasteiger partial charge in [-0.3, -0.25) is 14.5 Å². The zero-order valence-electron chi connectivity index (χ0n) is 16.1. The lowest BCUT2D eigenvalue weighted by molar-refractivity contribution is -0.113. The first-order chi connectivity index (χ1) is 13.5. The number of carbonyl (C=O) groups is 2. The summed E-state index contributed by atoms with van der Waals surface area (Å²) >= 11 is 2.91. The Morgan fingerprint density at radius 1 is 1.32 bits per heavy atom. The summed E-state index contributed by atoms with van der Waals surface area (Å²) in [5.74, 6) is 0.419. The lowest BCUT2D eigenvalue weighted by atomic mass is 10.0. The molecule has 2 aromatic rings. The second-order valence-electron chi connectivity index (χ2n) is 6.61. The SMILES string of the molecule is CCCN1CCc2c(sc(NC(=O)CSc3ccc(OC)cc3)c2C(N)=O)C1. The largest absolute Gasteiger partial charge is 0.497 e. The van der Waals surface area contributed by atoms with Crippen LogP contribution in [0, 0.1) is 0 Å². The van der Waals surface area contributed by atoms with Crippen molar-refractivity contribution in [2.75, 3.05) is 31.3 Å². The second-order valence-corrected chi connectivity index (χ2v) is 8.76. The van der Waals surface area contributed by atoms with Gasteiger partial charge in [-0.2, -0.15) is 0 Å². The van der Waals surface area contributed by atoms with Gasteiger partial charge in [0.15, 0.2) is 0 Å². The average Bonchev–Trinajstić information content (AvgIpc) is 3.04. The van der Waals surface area contributed by atoms with Crippen LogP contribution in [0.15, 0.2) is 29.2 Å². The van der Waals surface area contributed by atoms with E-state index in [1.807, 2.05) is 24.3 Å². The maximum absolute atomic E-state index is 12.5. The van der Waals surface area contributed by atoms with Crippen LogP contribution in [0.2, 0.25) is 0 Å². The fourth-order valence-corrected chi connectivity index (χ4v) is 5.31. The third-order valence-corrected chi connectivity index (χ3v) is 6.75. The first kappa shape index (κ1) is 20.7. The highest BCUT2D eigenvalue weighted by molar-refractivity contribution is 8.00. The molecular weight excluding hydrogens is 394 g/mol. The van der Waals surface area contributed by atoms with Gasteiger partial charge < -0.3 is 15.8 Å². The normalized spacial score (nSPS) is 13.8. The number of nitrogens with two attached hydrogens (primary N) is 1. The highest BCUT2D eigenvalue weighted by atomic mass is 32.2. The molecule has 0 aliphatic carbocycles. The number of nitrogens with zero attached hydrogens (tertiary/aromatic N) is 1. The summed E-state index contributed by atoms with van der Waals surface area (Å²) in [5.41, 5.74) is 7.12. The highest BCUT2D eigenvalue weighted by Gasteiger charge is 2.27. The lowest BCUT2D eigenvalue weighted by Gasteiger charge is -2.26. The average molecular weight is 420 g/mol. The molecule has 0 saturated heterocycles. The van der Waals surface area contributed by atoms with Gasteiger partial charge in [0, 0.05) is 22.9 Å². The minimum atomic E-state index is -0.473. The number of carbonyl (C=O) groups excluding carboxylic acids is 2. The van der Waals surface area contributed by atoms with Crippen molar-refractivity contribution in [3.63, 3.8) is 0 Å². The monoisotopic (exact) mass is 419 g/mol. The third-order valence-electron chi connectivity index (χ3n) is 4.60. The molecule has 0 fully saturated rings. The van der Waals surface area contributed by atoms with Crippen molar-refractivity contribution in [2.45, 2.75) is 31.2 Å². The maximum Gasteiger partial charge on any atom is 0.251 e. The molecule has 2 amide bonds. The predicted molar refractivity (Wildman–Crippen MR) is 114 cm³/mol. The van der Waals surface area contributed by atoms with Crippen LogP contribution >= 0.6 is 23.1 Å². The van der Waals surface area contributed by atoms with E-state index >= 15 is 0 Å². The third kappa shape index (κ3) is 4.87. The van der Waals surface area contributed by atoms with E-state index in [1.54, 1.807) is 7.11 Å². The number of thiophene rings is 1. The molecule has 3 N–H and O–H groups in total. The quantitative estimate of drug-likeness (QED) is 0.641. The standard InChI is InChI=1S/C20H25N3O3S2/c1-3-9-23-10-8-15-16(11-23)28-20(18(15)19(21)25)22-17(24)12-27-14-6-4-13(26-2)5-7-14/h4-7H,3,8-12H2,1-2H3,(H2,21,25)(H,22,24). The molecule has 150 valence electrons. The minimum Gasteiger partial charge on any atom is -0.497 e. The van der Waals surface area contributed by atoms with Gasteiger partial charge in [-0.05, 0) is 49.2 Å². The number of anilines is 1. The summed E-state index contributed by atoms with van der Waals surface area (Å²) in [6.45, 7) is 4.91. The number of fused-ring (bicyclic) bond motifs is 1. The Morgan fingerprint density at radius 3 is 2.71 bits per heavy atom. The summed E-state index contributed by atoms with van der Waals surface area (Å²) in [7, 11) is 1.62. The zero-order valence-corrected chi connectivity index (χ0v) is 17.8. The van der Waals surface area contributed by atoms with Gasteiger partial charge in [0.25, 0.3) is 5.91 Å². The van der Waals surface area contributed by atoms with Gasteiger partial charge in [-0.25, -0.2) is 0 Å². The fraction of sp³-hybridized carbons (Fsp3) is 0.400. The van der Waals surface area contributed by atoms with Gasteiger partial charge >= 0.3 is 0 Å². The van der Waals surface area contributed by atoms with Crippen LogP contribution < -0.4 is 15.8 Å². The number of nitrogens with one attached hydrogen (secondary N) is 1. The molecule has 2 heterocycles. The van der Waals surface area contributed by atoms with Gasteiger partial charge in [0.05, 0.1) is 18.4 Å². The summed E-state index contributed by atoms with van der Waals surface area (Å²) in [6, 6.07) is 7.55.